The maximum Gasteiger partial charge on any atom is 0.0670 e. The molecule has 3 aliphatic heterocycles. The number of anilines is 1. The molecule has 0 N–H and O–H groups in total. The fourth-order valence-electron chi connectivity index (χ4n) is 5.66. The van der Waals surface area contributed by atoms with E-state index in [1.165, 1.54) is 61.3 Å². The van der Waals surface area contributed by atoms with Gasteiger partial charge in [-0.25, -0.2) is 0 Å². The van der Waals surface area contributed by atoms with Gasteiger partial charge in [0, 0.05) is 42.8 Å². The number of allylic oxidation sites excluding steroid dienone is 1. The summed E-state index contributed by atoms with van der Waals surface area (Å²) in [5.74, 6) is 0.595. The van der Waals surface area contributed by atoms with E-state index >= 15 is 0 Å². The number of nitrogens with zero attached hydrogens (tertiary/aromatic N) is 2. The number of halogens is 2. The van der Waals surface area contributed by atoms with Gasteiger partial charge in [-0.05, 0) is 73.5 Å². The summed E-state index contributed by atoms with van der Waals surface area (Å²) in [4.78, 5) is 5.39. The molecule has 4 heteroatoms. The van der Waals surface area contributed by atoms with Crippen LogP contribution in [0.3, 0.4) is 0 Å². The van der Waals surface area contributed by atoms with Crippen molar-refractivity contribution in [2.24, 2.45) is 0 Å². The van der Waals surface area contributed by atoms with Crippen LogP contribution in [0.1, 0.15) is 42.7 Å². The monoisotopic (exact) mass is 426 g/mol. The van der Waals surface area contributed by atoms with Crippen LogP contribution in [0.4, 0.5) is 5.69 Å². The number of hydrogen-bond donors (Lipinski definition) is 0. The fraction of sp³-hybridized carbons (Fsp3) is 0.440. The van der Waals surface area contributed by atoms with Gasteiger partial charge in [0.2, 0.25) is 0 Å². The summed E-state index contributed by atoms with van der Waals surface area (Å²) in [6, 6.07) is 11.4. The predicted molar refractivity (Wildman–Crippen MR) is 125 cm³/mol. The van der Waals surface area contributed by atoms with Crippen molar-refractivity contribution in [1.82, 2.24) is 4.90 Å². The molecule has 0 aromatic heterocycles. The molecule has 1 saturated heterocycles. The second kappa shape index (κ2) is 7.98. The summed E-state index contributed by atoms with van der Waals surface area (Å²) >= 11 is 12.9. The normalized spacial score (nSPS) is 23.0. The Morgan fingerprint density at radius 3 is 2.93 bits per heavy atom. The van der Waals surface area contributed by atoms with E-state index in [0.717, 1.165) is 24.9 Å². The molecule has 0 unspecified atom stereocenters. The van der Waals surface area contributed by atoms with Gasteiger partial charge in [0.05, 0.1) is 10.0 Å². The predicted octanol–water partition coefficient (Wildman–Crippen LogP) is 6.55. The Morgan fingerprint density at radius 1 is 1.17 bits per heavy atom. The Hall–Kier alpha value is -1.48. The molecule has 0 bridgehead atoms. The second-order valence-electron chi connectivity index (χ2n) is 8.67. The van der Waals surface area contributed by atoms with Crippen LogP contribution in [0.25, 0.3) is 11.1 Å². The van der Waals surface area contributed by atoms with E-state index in [4.69, 9.17) is 23.2 Å². The first-order valence-corrected chi connectivity index (χ1v) is 11.6. The van der Waals surface area contributed by atoms with Crippen LogP contribution in [0, 0.1) is 0 Å². The fourth-order valence-corrected chi connectivity index (χ4v) is 6.07. The maximum atomic E-state index is 6.59. The minimum absolute atomic E-state index is 0.595. The largest absolute Gasteiger partial charge is 0.367 e. The Bertz CT molecular complexity index is 939. The highest BCUT2D eigenvalue weighted by Gasteiger charge is 2.43. The number of aryl methyl sites for hydroxylation is 1. The highest BCUT2D eigenvalue weighted by Crippen LogP contribution is 2.50. The molecule has 0 spiro atoms. The van der Waals surface area contributed by atoms with Crippen molar-refractivity contribution in [2.45, 2.75) is 44.1 Å². The lowest BCUT2D eigenvalue weighted by atomic mass is 9.86. The minimum Gasteiger partial charge on any atom is -0.367 e. The topological polar surface area (TPSA) is 6.48 Å². The van der Waals surface area contributed by atoms with E-state index in [-0.39, 0.29) is 0 Å². The average molecular weight is 427 g/mol. The highest BCUT2D eigenvalue weighted by molar-refractivity contribution is 6.43. The van der Waals surface area contributed by atoms with E-state index in [1.807, 2.05) is 18.2 Å². The molecule has 152 valence electrons. The molecule has 3 heterocycles. The van der Waals surface area contributed by atoms with Crippen molar-refractivity contribution in [3.05, 3.63) is 64.2 Å². The van der Waals surface area contributed by atoms with Crippen LogP contribution in [0.5, 0.6) is 0 Å². The third-order valence-electron chi connectivity index (χ3n) is 6.96. The summed E-state index contributed by atoms with van der Waals surface area (Å²) < 4.78 is 0. The molecule has 1 fully saturated rings. The number of piperidine rings is 1. The Kier molecular flexibility index (Phi) is 5.36. The van der Waals surface area contributed by atoms with E-state index in [1.54, 1.807) is 0 Å². The van der Waals surface area contributed by atoms with Gasteiger partial charge < -0.3 is 9.80 Å². The number of hydrogen-bond acceptors (Lipinski definition) is 2. The van der Waals surface area contributed by atoms with Crippen molar-refractivity contribution >= 4 is 28.9 Å². The molecule has 0 aliphatic carbocycles. The standard InChI is InChI=1S/C25H28Cl2N2/c1-2-3-4-11-28-13-10-23-21(16-28)20-15-18(19-8-5-9-22(26)24(19)27)14-17-7-6-12-29(23)25(17)20/h2,5,8-9,14-15,21,23H,1,3-4,6-7,10-13,16H2/t21-,23-/m0/s1. The van der Waals surface area contributed by atoms with Gasteiger partial charge in [-0.1, -0.05) is 41.4 Å². The van der Waals surface area contributed by atoms with Gasteiger partial charge in [0.15, 0.2) is 0 Å². The quantitative estimate of drug-likeness (QED) is 0.394. The third kappa shape index (κ3) is 3.40. The van der Waals surface area contributed by atoms with Crippen molar-refractivity contribution < 1.29 is 0 Å². The minimum atomic E-state index is 0.595. The lowest BCUT2D eigenvalue weighted by Crippen LogP contribution is -2.47. The Balaban J connectivity index is 1.53. The Labute approximate surface area is 184 Å². The van der Waals surface area contributed by atoms with Gasteiger partial charge in [-0.3, -0.25) is 0 Å². The average Bonchev–Trinajstić information content (AvgIpc) is 3.05. The molecule has 5 rings (SSSR count). The molecule has 2 aromatic rings. The highest BCUT2D eigenvalue weighted by atomic mass is 35.5. The first-order valence-electron chi connectivity index (χ1n) is 10.9. The first kappa shape index (κ1) is 19.5. The lowest BCUT2D eigenvalue weighted by Gasteiger charge is -2.40. The van der Waals surface area contributed by atoms with Crippen molar-refractivity contribution in [3.8, 4) is 11.1 Å². The lowest BCUT2D eigenvalue weighted by molar-refractivity contribution is 0.191. The van der Waals surface area contributed by atoms with Crippen LogP contribution in [0.2, 0.25) is 10.0 Å². The van der Waals surface area contributed by atoms with E-state index in [0.29, 0.717) is 22.0 Å². The molecule has 29 heavy (non-hydrogen) atoms. The summed E-state index contributed by atoms with van der Waals surface area (Å²) in [5.41, 5.74) is 6.83. The Morgan fingerprint density at radius 2 is 2.07 bits per heavy atom. The van der Waals surface area contributed by atoms with Crippen LogP contribution in [-0.2, 0) is 6.42 Å². The van der Waals surface area contributed by atoms with Gasteiger partial charge in [0.25, 0.3) is 0 Å². The number of unbranched alkanes of at least 4 members (excludes halogenated alkanes) is 1. The first-order chi connectivity index (χ1) is 14.2. The van der Waals surface area contributed by atoms with E-state index < -0.39 is 0 Å². The third-order valence-corrected chi connectivity index (χ3v) is 7.78. The summed E-state index contributed by atoms with van der Waals surface area (Å²) in [6.07, 6.45) is 8.02. The van der Waals surface area contributed by atoms with Gasteiger partial charge in [-0.15, -0.1) is 6.58 Å². The van der Waals surface area contributed by atoms with Gasteiger partial charge >= 0.3 is 0 Å². The van der Waals surface area contributed by atoms with E-state index in [2.05, 4.69) is 34.6 Å². The van der Waals surface area contributed by atoms with Crippen molar-refractivity contribution in [3.63, 3.8) is 0 Å². The smallest absolute Gasteiger partial charge is 0.0670 e. The van der Waals surface area contributed by atoms with Crippen LogP contribution in [-0.4, -0.2) is 37.1 Å². The maximum absolute atomic E-state index is 6.59. The molecular weight excluding hydrogens is 399 g/mol. The molecule has 0 saturated carbocycles. The van der Waals surface area contributed by atoms with Gasteiger partial charge in [-0.2, -0.15) is 0 Å². The van der Waals surface area contributed by atoms with Crippen LogP contribution >= 0.6 is 23.2 Å². The number of fused-ring (bicyclic) bond motifs is 3. The number of rotatable bonds is 5. The molecular formula is C25H28Cl2N2. The molecule has 2 atom stereocenters. The molecule has 0 amide bonds. The molecule has 2 aromatic carbocycles. The van der Waals surface area contributed by atoms with Crippen molar-refractivity contribution in [1.29, 1.82) is 0 Å². The van der Waals surface area contributed by atoms with E-state index in [9.17, 15) is 0 Å². The van der Waals surface area contributed by atoms with Crippen LogP contribution < -0.4 is 4.90 Å². The zero-order valence-electron chi connectivity index (χ0n) is 16.8. The van der Waals surface area contributed by atoms with Crippen molar-refractivity contribution in [2.75, 3.05) is 31.1 Å². The zero-order chi connectivity index (χ0) is 20.0. The molecule has 2 nitrogen and oxygen atoms in total. The number of benzene rings is 2. The SMILES string of the molecule is C=CCCCN1CC[C@H]2[C@@H](C1)c1cc(-c3cccc(Cl)c3Cl)cc3c1N2CCC3. The summed E-state index contributed by atoms with van der Waals surface area (Å²) in [6.45, 7) is 8.63. The van der Waals surface area contributed by atoms with Gasteiger partial charge in [0.1, 0.15) is 0 Å². The molecule has 0 radical (unpaired) electrons. The summed E-state index contributed by atoms with van der Waals surface area (Å²) in [5, 5.41) is 1.29. The van der Waals surface area contributed by atoms with Crippen LogP contribution in [0.15, 0.2) is 43.0 Å². The summed E-state index contributed by atoms with van der Waals surface area (Å²) in [7, 11) is 0. The molecule has 3 aliphatic rings. The second-order valence-corrected chi connectivity index (χ2v) is 9.45. The zero-order valence-corrected chi connectivity index (χ0v) is 18.4. The number of likely N-dealkylation sites (tertiary alicyclic amines) is 1.